The first-order valence-electron chi connectivity index (χ1n) is 6.84. The smallest absolute Gasteiger partial charge is 0.0889 e. The van der Waals surface area contributed by atoms with E-state index in [0.717, 1.165) is 49.4 Å². The van der Waals surface area contributed by atoms with Crippen LogP contribution < -0.4 is 4.90 Å². The van der Waals surface area contributed by atoms with Crippen LogP contribution in [0.15, 0.2) is 29.4 Å². The Hall–Kier alpha value is -1.55. The molecular weight excluding hydrogens is 240 g/mol. The lowest BCUT2D eigenvalue weighted by Crippen LogP contribution is -2.34. The number of rotatable bonds is 4. The summed E-state index contributed by atoms with van der Waals surface area (Å²) in [6.45, 7) is 3.97. The van der Waals surface area contributed by atoms with Crippen LogP contribution in [0, 0.1) is 0 Å². The van der Waals surface area contributed by atoms with Gasteiger partial charge in [-0.15, -0.1) is 0 Å². The summed E-state index contributed by atoms with van der Waals surface area (Å²) in [5.74, 6) is 0. The number of nitrogens with zero attached hydrogens (tertiary/aromatic N) is 2. The SMILES string of the molecule is COCCC(C)N1CCC/C(=N/O)c2ccccc21. The first-order chi connectivity index (χ1) is 9.27. The van der Waals surface area contributed by atoms with Crippen molar-refractivity contribution in [2.45, 2.75) is 32.2 Å². The molecule has 0 spiro atoms. The summed E-state index contributed by atoms with van der Waals surface area (Å²) >= 11 is 0. The standard InChI is InChI=1S/C15H22N2O2/c1-12(9-11-19-2)17-10-5-7-14(16-18)13-6-3-4-8-15(13)17/h3-4,6,8,12,18H,5,7,9-11H2,1-2H3/b16-14-. The van der Waals surface area contributed by atoms with Crippen molar-refractivity contribution >= 4 is 11.4 Å². The van der Waals surface area contributed by atoms with E-state index in [1.807, 2.05) is 18.2 Å². The number of anilines is 1. The average molecular weight is 262 g/mol. The molecule has 0 saturated heterocycles. The number of methoxy groups -OCH3 is 1. The summed E-state index contributed by atoms with van der Waals surface area (Å²) < 4.78 is 5.17. The highest BCUT2D eigenvalue weighted by Gasteiger charge is 2.22. The Balaban J connectivity index is 2.30. The summed E-state index contributed by atoms with van der Waals surface area (Å²) in [6.07, 6.45) is 2.82. The first-order valence-corrected chi connectivity index (χ1v) is 6.84. The number of para-hydroxylation sites is 1. The summed E-state index contributed by atoms with van der Waals surface area (Å²) in [6, 6.07) is 8.59. The van der Waals surface area contributed by atoms with Crippen LogP contribution in [0.2, 0.25) is 0 Å². The largest absolute Gasteiger partial charge is 0.411 e. The van der Waals surface area contributed by atoms with Gasteiger partial charge >= 0.3 is 0 Å². The number of ether oxygens (including phenoxy) is 1. The van der Waals surface area contributed by atoms with Crippen LogP contribution in [0.25, 0.3) is 0 Å². The summed E-state index contributed by atoms with van der Waals surface area (Å²) in [5.41, 5.74) is 3.00. The van der Waals surface area contributed by atoms with E-state index in [2.05, 4.69) is 23.0 Å². The quantitative estimate of drug-likeness (QED) is 0.670. The second kappa shape index (κ2) is 6.57. The predicted molar refractivity (Wildman–Crippen MR) is 77.3 cm³/mol. The molecule has 2 rings (SSSR count). The van der Waals surface area contributed by atoms with E-state index in [4.69, 9.17) is 4.74 Å². The van der Waals surface area contributed by atoms with Crippen LogP contribution in [-0.4, -0.2) is 37.2 Å². The molecule has 1 heterocycles. The van der Waals surface area contributed by atoms with Crippen LogP contribution in [0.5, 0.6) is 0 Å². The van der Waals surface area contributed by atoms with Crippen molar-refractivity contribution in [2.75, 3.05) is 25.2 Å². The lowest BCUT2D eigenvalue weighted by atomic mass is 10.0. The van der Waals surface area contributed by atoms with E-state index < -0.39 is 0 Å². The van der Waals surface area contributed by atoms with Gasteiger partial charge < -0.3 is 14.8 Å². The van der Waals surface area contributed by atoms with E-state index in [1.54, 1.807) is 7.11 Å². The third-order valence-corrected chi connectivity index (χ3v) is 3.73. The molecule has 1 unspecified atom stereocenters. The Labute approximate surface area is 114 Å². The molecule has 4 nitrogen and oxygen atoms in total. The minimum Gasteiger partial charge on any atom is -0.411 e. The van der Waals surface area contributed by atoms with E-state index in [-0.39, 0.29) is 0 Å². The molecule has 1 N–H and O–H groups in total. The molecule has 1 aromatic carbocycles. The lowest BCUT2D eigenvalue weighted by Gasteiger charge is -2.31. The molecule has 0 aromatic heterocycles. The summed E-state index contributed by atoms with van der Waals surface area (Å²) in [5, 5.41) is 12.6. The average Bonchev–Trinajstić information content (AvgIpc) is 2.64. The second-order valence-corrected chi connectivity index (χ2v) is 4.99. The van der Waals surface area contributed by atoms with Crippen molar-refractivity contribution in [1.82, 2.24) is 0 Å². The van der Waals surface area contributed by atoms with Gasteiger partial charge in [0.25, 0.3) is 0 Å². The Morgan fingerprint density at radius 3 is 2.95 bits per heavy atom. The van der Waals surface area contributed by atoms with E-state index in [0.29, 0.717) is 6.04 Å². The van der Waals surface area contributed by atoms with Crippen molar-refractivity contribution in [3.05, 3.63) is 29.8 Å². The fourth-order valence-electron chi connectivity index (χ4n) is 2.65. The number of fused-ring (bicyclic) bond motifs is 1. The molecular formula is C15H22N2O2. The lowest BCUT2D eigenvalue weighted by molar-refractivity contribution is 0.188. The normalized spacial score (nSPS) is 19.1. The molecule has 0 aliphatic carbocycles. The van der Waals surface area contributed by atoms with Gasteiger partial charge in [-0.05, 0) is 32.3 Å². The van der Waals surface area contributed by atoms with Gasteiger partial charge in [0.05, 0.1) is 5.71 Å². The van der Waals surface area contributed by atoms with Crippen LogP contribution in [-0.2, 0) is 4.74 Å². The molecule has 0 saturated carbocycles. The van der Waals surface area contributed by atoms with Crippen LogP contribution in [0.1, 0.15) is 31.7 Å². The molecule has 1 aliphatic rings. The topological polar surface area (TPSA) is 45.1 Å². The van der Waals surface area contributed by atoms with Gasteiger partial charge in [0.1, 0.15) is 0 Å². The zero-order valence-electron chi connectivity index (χ0n) is 11.7. The molecule has 0 fully saturated rings. The molecule has 1 aromatic rings. The Morgan fingerprint density at radius 1 is 1.42 bits per heavy atom. The van der Waals surface area contributed by atoms with Crippen molar-refractivity contribution in [3.8, 4) is 0 Å². The predicted octanol–water partition coefficient (Wildman–Crippen LogP) is 2.89. The molecule has 19 heavy (non-hydrogen) atoms. The summed E-state index contributed by atoms with van der Waals surface area (Å²) in [4.78, 5) is 2.40. The fraction of sp³-hybridized carbons (Fsp3) is 0.533. The minimum absolute atomic E-state index is 0.416. The highest BCUT2D eigenvalue weighted by atomic mass is 16.5. The van der Waals surface area contributed by atoms with Gasteiger partial charge in [0, 0.05) is 37.6 Å². The van der Waals surface area contributed by atoms with Gasteiger partial charge in [-0.25, -0.2) is 0 Å². The van der Waals surface area contributed by atoms with Crippen LogP contribution in [0.3, 0.4) is 0 Å². The van der Waals surface area contributed by atoms with Crippen molar-refractivity contribution in [2.24, 2.45) is 5.16 Å². The molecule has 1 atom stereocenters. The van der Waals surface area contributed by atoms with Gasteiger partial charge in [-0.3, -0.25) is 0 Å². The number of benzene rings is 1. The van der Waals surface area contributed by atoms with Crippen molar-refractivity contribution in [1.29, 1.82) is 0 Å². The second-order valence-electron chi connectivity index (χ2n) is 4.99. The van der Waals surface area contributed by atoms with Crippen molar-refractivity contribution < 1.29 is 9.94 Å². The third kappa shape index (κ3) is 3.07. The number of oxime groups is 1. The molecule has 104 valence electrons. The fourth-order valence-corrected chi connectivity index (χ4v) is 2.65. The van der Waals surface area contributed by atoms with E-state index >= 15 is 0 Å². The first kappa shape index (κ1) is 13.9. The Morgan fingerprint density at radius 2 is 2.21 bits per heavy atom. The maximum Gasteiger partial charge on any atom is 0.0889 e. The highest BCUT2D eigenvalue weighted by molar-refractivity contribution is 6.05. The zero-order chi connectivity index (χ0) is 13.7. The molecule has 0 amide bonds. The maximum atomic E-state index is 9.18. The Bertz CT molecular complexity index is 446. The van der Waals surface area contributed by atoms with E-state index in [1.165, 1.54) is 0 Å². The molecule has 4 heteroatoms. The number of hydrogen-bond acceptors (Lipinski definition) is 4. The number of hydrogen-bond donors (Lipinski definition) is 1. The van der Waals surface area contributed by atoms with Gasteiger partial charge in [-0.1, -0.05) is 23.4 Å². The van der Waals surface area contributed by atoms with Gasteiger partial charge in [0.2, 0.25) is 0 Å². The Kier molecular flexibility index (Phi) is 4.80. The van der Waals surface area contributed by atoms with E-state index in [9.17, 15) is 5.21 Å². The monoisotopic (exact) mass is 262 g/mol. The van der Waals surface area contributed by atoms with Gasteiger partial charge in [0.15, 0.2) is 0 Å². The maximum absolute atomic E-state index is 9.18. The van der Waals surface area contributed by atoms with Crippen molar-refractivity contribution in [3.63, 3.8) is 0 Å². The minimum atomic E-state index is 0.416. The van der Waals surface area contributed by atoms with Gasteiger partial charge in [-0.2, -0.15) is 0 Å². The molecule has 1 aliphatic heterocycles. The van der Waals surface area contributed by atoms with Crippen LogP contribution in [0.4, 0.5) is 5.69 Å². The summed E-state index contributed by atoms with van der Waals surface area (Å²) in [7, 11) is 1.74. The molecule has 0 radical (unpaired) electrons. The third-order valence-electron chi connectivity index (χ3n) is 3.73. The molecule has 0 bridgehead atoms. The zero-order valence-corrected chi connectivity index (χ0v) is 11.7. The highest BCUT2D eigenvalue weighted by Crippen LogP contribution is 2.28. The van der Waals surface area contributed by atoms with Crippen LogP contribution >= 0.6 is 0 Å².